The molecule has 1 fully saturated rings. The number of fused-ring (bicyclic) bond motifs is 1. The SMILES string of the molecule is COc1cc(Cc2nccc3cc(OC)c(OC)cc23)c(NC(=O)NC2CCCCC2)cc1OC. The Bertz CT molecular complexity index is 1190. The van der Waals surface area contributed by atoms with Crippen LogP contribution in [0.2, 0.25) is 0 Å². The number of hydrogen-bond acceptors (Lipinski definition) is 6. The first-order chi connectivity index (χ1) is 17.1. The Hall–Kier alpha value is -3.68. The third-order valence-electron chi connectivity index (χ3n) is 6.51. The minimum Gasteiger partial charge on any atom is -0.493 e. The van der Waals surface area contributed by atoms with E-state index in [4.69, 9.17) is 18.9 Å². The van der Waals surface area contributed by atoms with E-state index in [1.807, 2.05) is 24.3 Å². The van der Waals surface area contributed by atoms with Gasteiger partial charge in [0.25, 0.3) is 0 Å². The second-order valence-corrected chi connectivity index (χ2v) is 8.66. The van der Waals surface area contributed by atoms with E-state index in [9.17, 15) is 4.79 Å². The number of nitrogens with one attached hydrogen (secondary N) is 2. The highest BCUT2D eigenvalue weighted by molar-refractivity contribution is 5.92. The van der Waals surface area contributed by atoms with Gasteiger partial charge in [0.15, 0.2) is 23.0 Å². The van der Waals surface area contributed by atoms with Gasteiger partial charge < -0.3 is 29.6 Å². The van der Waals surface area contributed by atoms with Gasteiger partial charge in [-0.05, 0) is 48.1 Å². The minimum absolute atomic E-state index is 0.203. The average Bonchev–Trinajstić information content (AvgIpc) is 2.89. The largest absolute Gasteiger partial charge is 0.493 e. The lowest BCUT2D eigenvalue weighted by Crippen LogP contribution is -2.39. The number of methoxy groups -OCH3 is 4. The number of rotatable bonds is 8. The van der Waals surface area contributed by atoms with Crippen LogP contribution in [0.15, 0.2) is 36.5 Å². The van der Waals surface area contributed by atoms with Gasteiger partial charge in [-0.25, -0.2) is 4.79 Å². The van der Waals surface area contributed by atoms with E-state index in [1.54, 1.807) is 40.7 Å². The second-order valence-electron chi connectivity index (χ2n) is 8.66. The van der Waals surface area contributed by atoms with Gasteiger partial charge in [-0.1, -0.05) is 19.3 Å². The number of aromatic nitrogens is 1. The first-order valence-corrected chi connectivity index (χ1v) is 11.9. The van der Waals surface area contributed by atoms with Gasteiger partial charge in [0.05, 0.1) is 34.1 Å². The Morgan fingerprint density at radius 1 is 0.886 bits per heavy atom. The summed E-state index contributed by atoms with van der Waals surface area (Å²) >= 11 is 0. The van der Waals surface area contributed by atoms with Gasteiger partial charge >= 0.3 is 6.03 Å². The third-order valence-corrected chi connectivity index (χ3v) is 6.51. The summed E-state index contributed by atoms with van der Waals surface area (Å²) in [5.41, 5.74) is 2.35. The number of nitrogens with zero attached hydrogens (tertiary/aromatic N) is 1. The van der Waals surface area contributed by atoms with Gasteiger partial charge in [-0.3, -0.25) is 4.98 Å². The Morgan fingerprint density at radius 3 is 2.20 bits per heavy atom. The molecule has 0 bridgehead atoms. The fourth-order valence-corrected chi connectivity index (χ4v) is 4.66. The molecule has 2 N–H and O–H groups in total. The molecule has 1 aromatic heterocycles. The van der Waals surface area contributed by atoms with Crippen LogP contribution in [-0.4, -0.2) is 45.5 Å². The number of benzene rings is 2. The summed E-state index contributed by atoms with van der Waals surface area (Å²) in [6.07, 6.45) is 7.78. The average molecular weight is 480 g/mol. The molecule has 2 aromatic carbocycles. The molecule has 0 aliphatic heterocycles. The Kier molecular flexibility index (Phi) is 7.80. The van der Waals surface area contributed by atoms with Crippen LogP contribution in [0.3, 0.4) is 0 Å². The zero-order chi connectivity index (χ0) is 24.8. The van der Waals surface area contributed by atoms with Crippen molar-refractivity contribution in [1.29, 1.82) is 0 Å². The zero-order valence-corrected chi connectivity index (χ0v) is 20.8. The number of ether oxygens (including phenoxy) is 4. The second kappa shape index (κ2) is 11.2. The van der Waals surface area contributed by atoms with E-state index in [-0.39, 0.29) is 12.1 Å². The maximum atomic E-state index is 12.9. The summed E-state index contributed by atoms with van der Waals surface area (Å²) in [5, 5.41) is 8.07. The molecule has 8 nitrogen and oxygen atoms in total. The molecule has 1 aliphatic rings. The molecular weight excluding hydrogens is 446 g/mol. The number of amides is 2. The first kappa shape index (κ1) is 24.4. The van der Waals surface area contributed by atoms with Crippen molar-refractivity contribution < 1.29 is 23.7 Å². The molecule has 3 aromatic rings. The van der Waals surface area contributed by atoms with E-state index >= 15 is 0 Å². The maximum Gasteiger partial charge on any atom is 0.319 e. The lowest BCUT2D eigenvalue weighted by atomic mass is 9.96. The number of carbonyl (C=O) groups is 1. The summed E-state index contributed by atoms with van der Waals surface area (Å²) < 4.78 is 22.0. The van der Waals surface area contributed by atoms with Gasteiger partial charge in [0, 0.05) is 35.8 Å². The highest BCUT2D eigenvalue weighted by Gasteiger charge is 2.19. The summed E-state index contributed by atoms with van der Waals surface area (Å²) in [5.74, 6) is 2.42. The summed E-state index contributed by atoms with van der Waals surface area (Å²) in [6.45, 7) is 0. The fraction of sp³-hybridized carbons (Fsp3) is 0.407. The quantitative estimate of drug-likeness (QED) is 0.455. The van der Waals surface area contributed by atoms with Crippen molar-refractivity contribution in [2.45, 2.75) is 44.6 Å². The molecule has 0 atom stereocenters. The molecule has 186 valence electrons. The number of pyridine rings is 1. The van der Waals surface area contributed by atoms with Crippen molar-refractivity contribution in [2.24, 2.45) is 0 Å². The molecule has 0 unspecified atom stereocenters. The van der Waals surface area contributed by atoms with Crippen molar-refractivity contribution in [1.82, 2.24) is 10.3 Å². The molecule has 0 radical (unpaired) electrons. The predicted molar refractivity (Wildman–Crippen MR) is 136 cm³/mol. The lowest BCUT2D eigenvalue weighted by Gasteiger charge is -2.23. The maximum absolute atomic E-state index is 12.9. The molecular formula is C27H33N3O5. The molecule has 1 saturated carbocycles. The zero-order valence-electron chi connectivity index (χ0n) is 20.8. The molecule has 1 heterocycles. The highest BCUT2D eigenvalue weighted by atomic mass is 16.5. The highest BCUT2D eigenvalue weighted by Crippen LogP contribution is 2.37. The molecule has 8 heteroatoms. The van der Waals surface area contributed by atoms with Crippen LogP contribution in [0.25, 0.3) is 10.8 Å². The summed E-state index contributed by atoms with van der Waals surface area (Å²) in [6, 6.07) is 9.47. The van der Waals surface area contributed by atoms with Gasteiger partial charge in [0.1, 0.15) is 0 Å². The minimum atomic E-state index is -0.220. The fourth-order valence-electron chi connectivity index (χ4n) is 4.66. The van der Waals surface area contributed by atoms with Crippen LogP contribution in [0, 0.1) is 0 Å². The van der Waals surface area contributed by atoms with Crippen LogP contribution < -0.4 is 29.6 Å². The van der Waals surface area contributed by atoms with Crippen LogP contribution in [0.4, 0.5) is 10.5 Å². The van der Waals surface area contributed by atoms with Gasteiger partial charge in [-0.15, -0.1) is 0 Å². The number of carbonyl (C=O) groups excluding carboxylic acids is 1. The van der Waals surface area contributed by atoms with E-state index in [0.29, 0.717) is 35.1 Å². The van der Waals surface area contributed by atoms with Gasteiger partial charge in [0.2, 0.25) is 0 Å². The smallest absolute Gasteiger partial charge is 0.319 e. The molecule has 4 rings (SSSR count). The first-order valence-electron chi connectivity index (χ1n) is 11.9. The van der Waals surface area contributed by atoms with Crippen molar-refractivity contribution in [2.75, 3.05) is 33.8 Å². The number of hydrogen-bond donors (Lipinski definition) is 2. The number of urea groups is 1. The van der Waals surface area contributed by atoms with Gasteiger partial charge in [-0.2, -0.15) is 0 Å². The monoisotopic (exact) mass is 479 g/mol. The van der Waals surface area contributed by atoms with E-state index in [0.717, 1.165) is 47.7 Å². The lowest BCUT2D eigenvalue weighted by molar-refractivity contribution is 0.244. The molecule has 35 heavy (non-hydrogen) atoms. The summed E-state index contributed by atoms with van der Waals surface area (Å²) in [7, 11) is 6.40. The molecule has 0 spiro atoms. The normalized spacial score (nSPS) is 13.8. The van der Waals surface area contributed by atoms with Crippen LogP contribution in [0.5, 0.6) is 23.0 Å². The van der Waals surface area contributed by atoms with Crippen molar-refractivity contribution >= 4 is 22.5 Å². The van der Waals surface area contributed by atoms with Crippen molar-refractivity contribution in [3.05, 3.63) is 47.8 Å². The van der Waals surface area contributed by atoms with Crippen LogP contribution in [0.1, 0.15) is 43.4 Å². The van der Waals surface area contributed by atoms with Crippen LogP contribution in [-0.2, 0) is 6.42 Å². The molecule has 1 aliphatic carbocycles. The number of anilines is 1. The molecule has 0 saturated heterocycles. The van der Waals surface area contributed by atoms with E-state index < -0.39 is 0 Å². The molecule has 2 amide bonds. The van der Waals surface area contributed by atoms with Crippen molar-refractivity contribution in [3.8, 4) is 23.0 Å². The topological polar surface area (TPSA) is 90.9 Å². The van der Waals surface area contributed by atoms with E-state index in [1.165, 1.54) is 6.42 Å². The van der Waals surface area contributed by atoms with Crippen molar-refractivity contribution in [3.63, 3.8) is 0 Å². The Balaban J connectivity index is 1.69. The van der Waals surface area contributed by atoms with Crippen LogP contribution >= 0.6 is 0 Å². The Morgan fingerprint density at radius 2 is 1.51 bits per heavy atom. The standard InChI is InChI=1S/C27H33N3O5/c1-32-23-13-17-10-11-28-22(20(17)15-25(23)34-3)12-18-14-24(33-2)26(35-4)16-21(18)30-27(31)29-19-8-6-5-7-9-19/h10-11,13-16,19H,5-9,12H2,1-4H3,(H2,29,30,31). The summed E-state index contributed by atoms with van der Waals surface area (Å²) in [4.78, 5) is 17.5. The van der Waals surface area contributed by atoms with E-state index in [2.05, 4.69) is 15.6 Å². The third kappa shape index (κ3) is 5.53. The Labute approximate surface area is 205 Å². The predicted octanol–water partition coefficient (Wildman–Crippen LogP) is 5.31.